The van der Waals surface area contributed by atoms with Gasteiger partial charge in [-0.2, -0.15) is 10.5 Å². The number of imidazole rings is 2. The number of likely N-dealkylation sites (tertiary alicyclic amines) is 2. The number of benzene rings is 2. The first-order valence-corrected chi connectivity index (χ1v) is 13.6. The number of nitrogens with zero attached hydrogens (tertiary/aromatic N) is 8. The average Bonchev–Trinajstić information content (AvgIpc) is 3.84. The Labute approximate surface area is 257 Å². The molecule has 2 aromatic heterocycles. The van der Waals surface area contributed by atoms with Crippen molar-refractivity contribution in [3.63, 3.8) is 0 Å². The van der Waals surface area contributed by atoms with E-state index in [0.29, 0.717) is 0 Å². The van der Waals surface area contributed by atoms with E-state index in [0.717, 1.165) is 12.1 Å². The highest BCUT2D eigenvalue weighted by Gasteiger charge is 2.34. The molecule has 2 aliphatic rings. The summed E-state index contributed by atoms with van der Waals surface area (Å²) in [6.45, 7) is 0.687. The lowest BCUT2D eigenvalue weighted by Crippen LogP contribution is -2.27. The smallest absolute Gasteiger partial charge is 0.224 e. The van der Waals surface area contributed by atoms with Crippen molar-refractivity contribution in [3.8, 4) is 12.1 Å². The number of amides is 2. The molecule has 10 nitrogen and oxygen atoms in total. The Morgan fingerprint density at radius 1 is 0.652 bits per heavy atom. The molecular weight excluding hydrogens is 618 g/mol. The molecule has 2 atom stereocenters. The van der Waals surface area contributed by atoms with Crippen molar-refractivity contribution in [2.75, 3.05) is 13.1 Å². The number of hydrogen-bond donors (Lipinski definition) is 0. The van der Waals surface area contributed by atoms with Crippen molar-refractivity contribution in [2.45, 2.75) is 38.0 Å². The predicted octanol–water partition coefficient (Wildman–Crippen LogP) is 4.29. The van der Waals surface area contributed by atoms with Gasteiger partial charge in [-0.1, -0.05) is 12.1 Å². The molecule has 0 bridgehead atoms. The fourth-order valence-electron chi connectivity index (χ4n) is 5.33. The van der Waals surface area contributed by atoms with Crippen molar-refractivity contribution in [1.82, 2.24) is 28.9 Å². The molecule has 0 spiro atoms. The van der Waals surface area contributed by atoms with Crippen LogP contribution in [0.4, 0.5) is 26.3 Å². The Morgan fingerprint density at radius 2 is 1.04 bits per heavy atom. The number of halogens is 6. The first kappa shape index (κ1) is 31.8. The summed E-state index contributed by atoms with van der Waals surface area (Å²) in [5.74, 6) is -9.61. The minimum Gasteiger partial charge on any atom is -0.324 e. The monoisotopic (exact) mass is 640 g/mol. The van der Waals surface area contributed by atoms with E-state index in [1.165, 1.54) is 47.0 Å². The molecule has 2 unspecified atom stereocenters. The van der Waals surface area contributed by atoms with Gasteiger partial charge in [-0.3, -0.25) is 9.59 Å². The third-order valence-electron chi connectivity index (χ3n) is 7.60. The van der Waals surface area contributed by atoms with E-state index in [-0.39, 0.29) is 73.6 Å². The second-order valence-electron chi connectivity index (χ2n) is 10.6. The van der Waals surface area contributed by atoms with Crippen LogP contribution in [0.2, 0.25) is 0 Å². The minimum atomic E-state index is -1.53. The standard InChI is InChI=1S/2C15H11F3N4O/c2*16-12-2-1-11(14(17)15(12)18)9-3-13(23)22(5-9)8-21-6-10(4-19)20-7-21/h2*1-2,6-7,9H,3,5,8H2. The van der Waals surface area contributed by atoms with Crippen molar-refractivity contribution >= 4 is 11.8 Å². The van der Waals surface area contributed by atoms with Gasteiger partial charge in [0, 0.05) is 50.2 Å². The van der Waals surface area contributed by atoms with Crippen LogP contribution in [0.5, 0.6) is 0 Å². The number of aromatic nitrogens is 4. The first-order chi connectivity index (χ1) is 22.0. The van der Waals surface area contributed by atoms with Gasteiger partial charge in [0.05, 0.1) is 26.0 Å². The molecule has 2 aromatic carbocycles. The van der Waals surface area contributed by atoms with Crippen molar-refractivity contribution in [1.29, 1.82) is 10.5 Å². The number of nitriles is 2. The van der Waals surface area contributed by atoms with E-state index in [1.54, 1.807) is 9.13 Å². The van der Waals surface area contributed by atoms with E-state index in [2.05, 4.69) is 9.97 Å². The van der Waals surface area contributed by atoms with Crippen LogP contribution in [0, 0.1) is 57.6 Å². The zero-order valence-corrected chi connectivity index (χ0v) is 23.7. The van der Waals surface area contributed by atoms with Gasteiger partial charge in [0.1, 0.15) is 12.1 Å². The van der Waals surface area contributed by atoms with Gasteiger partial charge in [-0.05, 0) is 23.3 Å². The van der Waals surface area contributed by atoms with Gasteiger partial charge in [0.2, 0.25) is 11.8 Å². The van der Waals surface area contributed by atoms with Crippen molar-refractivity contribution < 1.29 is 35.9 Å². The SMILES string of the molecule is N#Cc1cn(CN2CC(c3ccc(F)c(F)c3F)CC2=O)cn1.N#Cc1cn(CN2CC(c3ccc(F)c(F)c3F)CC2=O)cn1. The highest BCUT2D eigenvalue weighted by Crippen LogP contribution is 2.33. The van der Waals surface area contributed by atoms with Crippen molar-refractivity contribution in [2.24, 2.45) is 0 Å². The molecule has 0 aliphatic carbocycles. The fraction of sp³-hybridized carbons (Fsp3) is 0.267. The minimum absolute atomic E-state index is 0.0110. The number of hydrogen-bond acceptors (Lipinski definition) is 6. The molecule has 16 heteroatoms. The van der Waals surface area contributed by atoms with Crippen molar-refractivity contribution in [3.05, 3.63) is 107 Å². The molecule has 2 amide bonds. The largest absolute Gasteiger partial charge is 0.324 e. The maximum Gasteiger partial charge on any atom is 0.224 e. The Morgan fingerprint density at radius 3 is 1.39 bits per heavy atom. The van der Waals surface area contributed by atoms with Crippen LogP contribution in [-0.2, 0) is 22.9 Å². The summed E-state index contributed by atoms with van der Waals surface area (Å²) < 4.78 is 83.5. The average molecular weight is 641 g/mol. The first-order valence-electron chi connectivity index (χ1n) is 13.6. The Balaban J connectivity index is 0.000000181. The van der Waals surface area contributed by atoms with Crippen LogP contribution in [0.3, 0.4) is 0 Å². The quantitative estimate of drug-likeness (QED) is 0.229. The summed E-state index contributed by atoms with van der Waals surface area (Å²) in [6, 6.07) is 7.80. The molecule has 2 fully saturated rings. The molecular formula is C30H22F6N8O2. The molecule has 236 valence electrons. The molecule has 46 heavy (non-hydrogen) atoms. The molecule has 0 saturated carbocycles. The molecule has 0 radical (unpaired) electrons. The lowest BCUT2D eigenvalue weighted by molar-refractivity contribution is -0.129. The normalized spacial score (nSPS) is 17.6. The molecule has 2 aliphatic heterocycles. The van der Waals surface area contributed by atoms with E-state index in [4.69, 9.17) is 10.5 Å². The van der Waals surface area contributed by atoms with Gasteiger partial charge in [0.25, 0.3) is 0 Å². The number of rotatable bonds is 6. The Kier molecular flexibility index (Phi) is 9.08. The topological polar surface area (TPSA) is 124 Å². The summed E-state index contributed by atoms with van der Waals surface area (Å²) in [5, 5.41) is 17.4. The molecule has 6 rings (SSSR count). The lowest BCUT2D eigenvalue weighted by atomic mass is 9.97. The van der Waals surface area contributed by atoms with E-state index >= 15 is 0 Å². The highest BCUT2D eigenvalue weighted by atomic mass is 19.2. The molecule has 0 N–H and O–H groups in total. The zero-order valence-electron chi connectivity index (χ0n) is 23.7. The van der Waals surface area contributed by atoms with Crippen LogP contribution in [0.15, 0.2) is 49.3 Å². The van der Waals surface area contributed by atoms with Crippen LogP contribution in [-0.4, -0.2) is 53.8 Å². The second-order valence-corrected chi connectivity index (χ2v) is 10.6. The van der Waals surface area contributed by atoms with Crippen LogP contribution >= 0.6 is 0 Å². The van der Waals surface area contributed by atoms with Crippen LogP contribution < -0.4 is 0 Å². The van der Waals surface area contributed by atoms with Gasteiger partial charge in [-0.15, -0.1) is 0 Å². The zero-order chi connectivity index (χ0) is 33.1. The third-order valence-corrected chi connectivity index (χ3v) is 7.60. The number of carbonyl (C=O) groups is 2. The Hall–Kier alpha value is -5.64. The summed E-state index contributed by atoms with van der Waals surface area (Å²) in [7, 11) is 0. The van der Waals surface area contributed by atoms with Gasteiger partial charge in [0.15, 0.2) is 46.3 Å². The van der Waals surface area contributed by atoms with E-state index in [1.807, 2.05) is 12.1 Å². The number of carbonyl (C=O) groups excluding carboxylic acids is 2. The third kappa shape index (κ3) is 6.56. The summed E-state index contributed by atoms with van der Waals surface area (Å²) in [6.07, 6.45) is 5.83. The van der Waals surface area contributed by atoms with E-state index in [9.17, 15) is 35.9 Å². The summed E-state index contributed by atoms with van der Waals surface area (Å²) >= 11 is 0. The van der Waals surface area contributed by atoms with Crippen LogP contribution in [0.1, 0.15) is 47.2 Å². The summed E-state index contributed by atoms with van der Waals surface area (Å²) in [5.41, 5.74) is 0.422. The Bertz CT molecular complexity index is 1760. The van der Waals surface area contributed by atoms with Gasteiger partial charge >= 0.3 is 0 Å². The molecule has 4 heterocycles. The van der Waals surface area contributed by atoms with Gasteiger partial charge in [-0.25, -0.2) is 36.3 Å². The summed E-state index contributed by atoms with van der Waals surface area (Å²) in [4.78, 5) is 34.6. The molecule has 2 saturated heterocycles. The lowest BCUT2D eigenvalue weighted by Gasteiger charge is -2.17. The highest BCUT2D eigenvalue weighted by molar-refractivity contribution is 5.80. The van der Waals surface area contributed by atoms with E-state index < -0.39 is 46.7 Å². The van der Waals surface area contributed by atoms with Crippen LogP contribution in [0.25, 0.3) is 0 Å². The predicted molar refractivity (Wildman–Crippen MR) is 145 cm³/mol. The fourth-order valence-corrected chi connectivity index (χ4v) is 5.33. The maximum absolute atomic E-state index is 13.8. The van der Waals surface area contributed by atoms with Gasteiger partial charge < -0.3 is 18.9 Å². The second kappa shape index (κ2) is 13.2. The molecule has 4 aromatic rings. The maximum atomic E-state index is 13.8.